The summed E-state index contributed by atoms with van der Waals surface area (Å²) < 4.78 is 9.91. The van der Waals surface area contributed by atoms with Gasteiger partial charge in [0.1, 0.15) is 5.75 Å². The van der Waals surface area contributed by atoms with E-state index in [9.17, 15) is 19.2 Å². The summed E-state index contributed by atoms with van der Waals surface area (Å²) in [5.74, 6) is -1.56. The molecule has 1 aromatic rings. The number of hydrogen-bond acceptors (Lipinski definition) is 6. The van der Waals surface area contributed by atoms with E-state index in [0.717, 1.165) is 12.2 Å². The van der Waals surface area contributed by atoms with Crippen LogP contribution in [0, 0.1) is 0 Å². The molecule has 3 N–H and O–H groups in total. The highest BCUT2D eigenvalue weighted by atomic mass is 16.5. The van der Waals surface area contributed by atoms with Gasteiger partial charge in [0.2, 0.25) is 11.8 Å². The molecule has 0 aliphatic heterocycles. The predicted octanol–water partition coefficient (Wildman–Crippen LogP) is 1.07. The van der Waals surface area contributed by atoms with Gasteiger partial charge in [0, 0.05) is 30.7 Å². The summed E-state index contributed by atoms with van der Waals surface area (Å²) in [4.78, 5) is 45.9. The maximum Gasteiger partial charge on any atom is 0.330 e. The molecule has 0 fully saturated rings. The summed E-state index contributed by atoms with van der Waals surface area (Å²) in [7, 11) is 0. The summed E-state index contributed by atoms with van der Waals surface area (Å²) in [6.07, 6.45) is 1.68. The Hall–Kier alpha value is -3.36. The highest BCUT2D eigenvalue weighted by Gasteiger charge is 2.08. The lowest BCUT2D eigenvalue weighted by Crippen LogP contribution is -2.41. The number of esters is 1. The highest BCUT2D eigenvalue weighted by molar-refractivity contribution is 5.96. The monoisotopic (exact) mass is 377 g/mol. The molecule has 9 heteroatoms. The third-order valence-electron chi connectivity index (χ3n) is 3.01. The van der Waals surface area contributed by atoms with Crippen molar-refractivity contribution >= 4 is 29.4 Å². The van der Waals surface area contributed by atoms with Gasteiger partial charge in [-0.1, -0.05) is 0 Å². The minimum Gasteiger partial charge on any atom is -0.494 e. The van der Waals surface area contributed by atoms with Crippen LogP contribution in [0.1, 0.15) is 26.7 Å². The molecule has 0 bridgehead atoms. The molecule has 0 saturated heterocycles. The summed E-state index contributed by atoms with van der Waals surface area (Å²) in [5, 5.41) is 2.65. The molecule has 0 heterocycles. The number of hydrazine groups is 1. The number of rotatable bonds is 9. The van der Waals surface area contributed by atoms with Gasteiger partial charge < -0.3 is 14.8 Å². The summed E-state index contributed by atoms with van der Waals surface area (Å²) >= 11 is 0. The van der Waals surface area contributed by atoms with E-state index in [-0.39, 0.29) is 25.4 Å². The van der Waals surface area contributed by atoms with Crippen molar-refractivity contribution in [3.63, 3.8) is 0 Å². The molecule has 9 nitrogen and oxygen atoms in total. The fourth-order valence-corrected chi connectivity index (χ4v) is 1.82. The van der Waals surface area contributed by atoms with Crippen molar-refractivity contribution in [3.05, 3.63) is 36.4 Å². The first-order chi connectivity index (χ1) is 12.9. The first kappa shape index (κ1) is 21.7. The molecule has 0 aromatic heterocycles. The van der Waals surface area contributed by atoms with Gasteiger partial charge in [0.15, 0.2) is 0 Å². The lowest BCUT2D eigenvalue weighted by atomic mass is 10.2. The molecule has 0 aliphatic rings. The van der Waals surface area contributed by atoms with Crippen LogP contribution in [0.25, 0.3) is 0 Å². The van der Waals surface area contributed by atoms with Crippen molar-refractivity contribution in [2.75, 3.05) is 18.5 Å². The molecule has 0 spiro atoms. The molecule has 146 valence electrons. The molecule has 3 amide bonds. The summed E-state index contributed by atoms with van der Waals surface area (Å²) in [5.41, 5.74) is 4.82. The number of anilines is 1. The first-order valence-corrected chi connectivity index (χ1v) is 8.41. The van der Waals surface area contributed by atoms with Gasteiger partial charge in [-0.2, -0.15) is 0 Å². The fourth-order valence-electron chi connectivity index (χ4n) is 1.82. The van der Waals surface area contributed by atoms with Gasteiger partial charge in [-0.25, -0.2) is 4.79 Å². The van der Waals surface area contributed by atoms with Crippen molar-refractivity contribution in [2.24, 2.45) is 0 Å². The van der Waals surface area contributed by atoms with Gasteiger partial charge in [-0.3, -0.25) is 25.2 Å². The highest BCUT2D eigenvalue weighted by Crippen LogP contribution is 2.15. The van der Waals surface area contributed by atoms with E-state index < -0.39 is 17.8 Å². The minimum atomic E-state index is -0.699. The molecular formula is C18H23N3O6. The van der Waals surface area contributed by atoms with Gasteiger partial charge in [-0.15, -0.1) is 0 Å². The molecule has 1 aromatic carbocycles. The van der Waals surface area contributed by atoms with Crippen LogP contribution in [0.5, 0.6) is 5.75 Å². The Bertz CT molecular complexity index is 685. The Morgan fingerprint density at radius 3 is 2.19 bits per heavy atom. The van der Waals surface area contributed by atoms with E-state index in [4.69, 9.17) is 4.74 Å². The first-order valence-electron chi connectivity index (χ1n) is 8.41. The van der Waals surface area contributed by atoms with Gasteiger partial charge in [0.25, 0.3) is 5.91 Å². The molecule has 27 heavy (non-hydrogen) atoms. The van der Waals surface area contributed by atoms with Crippen LogP contribution in [0.2, 0.25) is 0 Å². The zero-order chi connectivity index (χ0) is 20.1. The van der Waals surface area contributed by atoms with Crippen LogP contribution in [0.15, 0.2) is 36.4 Å². The zero-order valence-corrected chi connectivity index (χ0v) is 15.2. The van der Waals surface area contributed by atoms with E-state index in [0.29, 0.717) is 18.0 Å². The summed E-state index contributed by atoms with van der Waals surface area (Å²) in [6, 6.07) is 6.84. The number of ether oxygens (including phenoxy) is 2. The molecule has 0 atom stereocenters. The largest absolute Gasteiger partial charge is 0.494 e. The zero-order valence-electron chi connectivity index (χ0n) is 15.2. The topological polar surface area (TPSA) is 123 Å². The third-order valence-corrected chi connectivity index (χ3v) is 3.01. The second-order valence-corrected chi connectivity index (χ2v) is 5.13. The SMILES string of the molecule is CCOC(=O)/C=C/C(=O)NNC(=O)CCC(=O)Nc1ccc(OCC)cc1. The van der Waals surface area contributed by atoms with Crippen LogP contribution < -0.4 is 20.9 Å². The molecule has 0 radical (unpaired) electrons. The fraction of sp³-hybridized carbons (Fsp3) is 0.333. The number of amides is 3. The minimum absolute atomic E-state index is 0.0619. The normalized spacial score (nSPS) is 10.1. The number of benzene rings is 1. The van der Waals surface area contributed by atoms with Gasteiger partial charge in [-0.05, 0) is 38.1 Å². The van der Waals surface area contributed by atoms with Gasteiger partial charge in [0.05, 0.1) is 13.2 Å². The molecule has 0 aliphatic carbocycles. The molecule has 1 rings (SSSR count). The number of hydrogen-bond donors (Lipinski definition) is 3. The van der Waals surface area contributed by atoms with Crippen LogP contribution >= 0.6 is 0 Å². The second kappa shape index (κ2) is 12.1. The third kappa shape index (κ3) is 9.63. The Morgan fingerprint density at radius 2 is 1.56 bits per heavy atom. The van der Waals surface area contributed by atoms with Crippen molar-refractivity contribution < 1.29 is 28.7 Å². The van der Waals surface area contributed by atoms with E-state index in [1.807, 2.05) is 6.92 Å². The smallest absolute Gasteiger partial charge is 0.330 e. The average Bonchev–Trinajstić information content (AvgIpc) is 2.65. The number of carbonyl (C=O) groups is 4. The number of nitrogens with one attached hydrogen (secondary N) is 3. The molecular weight excluding hydrogens is 354 g/mol. The molecule has 0 unspecified atom stereocenters. The standard InChI is InChI=1S/C18H23N3O6/c1-3-26-14-7-5-13(6-8-14)19-15(22)9-10-16(23)20-21-17(24)11-12-18(25)27-4-2/h5-8,11-12H,3-4,9-10H2,1-2H3,(H,19,22)(H,20,23)(H,21,24)/b12-11+. The van der Waals surface area contributed by atoms with E-state index in [1.165, 1.54) is 0 Å². The Balaban J connectivity index is 2.27. The second-order valence-electron chi connectivity index (χ2n) is 5.13. The Kier molecular flexibility index (Phi) is 9.69. The van der Waals surface area contributed by atoms with Crippen molar-refractivity contribution in [3.8, 4) is 5.75 Å². The maximum atomic E-state index is 11.8. The van der Waals surface area contributed by atoms with E-state index >= 15 is 0 Å². The molecule has 0 saturated carbocycles. The van der Waals surface area contributed by atoms with Crippen LogP contribution in [0.3, 0.4) is 0 Å². The Morgan fingerprint density at radius 1 is 0.889 bits per heavy atom. The predicted molar refractivity (Wildman–Crippen MR) is 97.5 cm³/mol. The average molecular weight is 377 g/mol. The lowest BCUT2D eigenvalue weighted by Gasteiger charge is -2.08. The number of carbonyl (C=O) groups excluding carboxylic acids is 4. The van der Waals surface area contributed by atoms with Crippen molar-refractivity contribution in [2.45, 2.75) is 26.7 Å². The summed E-state index contributed by atoms with van der Waals surface area (Å²) in [6.45, 7) is 4.26. The van der Waals surface area contributed by atoms with Crippen LogP contribution in [0.4, 0.5) is 5.69 Å². The van der Waals surface area contributed by atoms with Crippen LogP contribution in [-0.4, -0.2) is 36.9 Å². The van der Waals surface area contributed by atoms with Crippen molar-refractivity contribution in [1.29, 1.82) is 0 Å². The van der Waals surface area contributed by atoms with E-state index in [1.54, 1.807) is 31.2 Å². The van der Waals surface area contributed by atoms with E-state index in [2.05, 4.69) is 20.9 Å². The van der Waals surface area contributed by atoms with Gasteiger partial charge >= 0.3 is 5.97 Å². The lowest BCUT2D eigenvalue weighted by molar-refractivity contribution is -0.137. The van der Waals surface area contributed by atoms with Crippen LogP contribution in [-0.2, 0) is 23.9 Å². The maximum absolute atomic E-state index is 11.8. The Labute approximate surface area is 157 Å². The van der Waals surface area contributed by atoms with Crippen molar-refractivity contribution in [1.82, 2.24) is 10.9 Å². The quantitative estimate of drug-likeness (QED) is 0.336.